The number of nitrogen functional groups attached to an aromatic ring is 2. The third kappa shape index (κ3) is 11.1. The minimum Gasteiger partial charge on any atom is -0.536 e. The highest BCUT2D eigenvalue weighted by Crippen LogP contribution is 2.32. The number of nitrogens with two attached hydrogens (primary N) is 2. The minimum absolute atomic E-state index is 0.235. The maximum absolute atomic E-state index is 8.22. The van der Waals surface area contributed by atoms with Gasteiger partial charge in [-0.1, -0.05) is 23.2 Å². The molecule has 14 nitrogen and oxygen atoms in total. The van der Waals surface area contributed by atoms with E-state index < -0.39 is 0 Å². The van der Waals surface area contributed by atoms with Crippen molar-refractivity contribution in [3.8, 4) is 16.9 Å². The van der Waals surface area contributed by atoms with Crippen LogP contribution in [0.15, 0.2) is 53.8 Å². The normalized spacial score (nSPS) is 15.0. The van der Waals surface area contributed by atoms with Crippen LogP contribution in [0.25, 0.3) is 11.1 Å². The lowest BCUT2D eigenvalue weighted by Crippen LogP contribution is -2.28. The van der Waals surface area contributed by atoms with Crippen LogP contribution in [0.1, 0.15) is 25.7 Å². The van der Waals surface area contributed by atoms with Crippen LogP contribution in [0.5, 0.6) is 5.75 Å². The molecule has 4 aromatic heterocycles. The molecule has 46 heavy (non-hydrogen) atoms. The number of hydrogen-bond donors (Lipinski definition) is 5. The van der Waals surface area contributed by atoms with E-state index in [1.807, 2.05) is 6.07 Å². The molecular formula is C28H33BBrCl2N10O4. The van der Waals surface area contributed by atoms with Gasteiger partial charge in [0.25, 0.3) is 0 Å². The first-order valence-electron chi connectivity index (χ1n) is 14.2. The lowest BCUT2D eigenvalue weighted by atomic mass is 10.1. The van der Waals surface area contributed by atoms with E-state index in [4.69, 9.17) is 49.2 Å². The summed E-state index contributed by atoms with van der Waals surface area (Å²) in [7, 11) is 0.571. The van der Waals surface area contributed by atoms with Crippen molar-refractivity contribution in [3.05, 3.63) is 63.8 Å². The van der Waals surface area contributed by atoms with Gasteiger partial charge in [-0.25, -0.2) is 9.97 Å². The van der Waals surface area contributed by atoms with Crippen molar-refractivity contribution in [2.24, 2.45) is 0 Å². The summed E-state index contributed by atoms with van der Waals surface area (Å²) in [5.41, 5.74) is 12.9. The van der Waals surface area contributed by atoms with Crippen molar-refractivity contribution in [3.63, 3.8) is 0 Å². The van der Waals surface area contributed by atoms with E-state index >= 15 is 0 Å². The number of pyridine rings is 2. The van der Waals surface area contributed by atoms with Gasteiger partial charge in [0.05, 0.1) is 14.5 Å². The third-order valence-corrected chi connectivity index (χ3v) is 7.84. The van der Waals surface area contributed by atoms with Gasteiger partial charge in [-0.05, 0) is 53.7 Å². The van der Waals surface area contributed by atoms with Gasteiger partial charge in [-0.2, -0.15) is 9.97 Å². The average Bonchev–Trinajstić information content (AvgIpc) is 3.06. The van der Waals surface area contributed by atoms with Gasteiger partial charge in [-0.3, -0.25) is 9.97 Å². The number of nitrogens with zero attached hydrogens (tertiary/aromatic N) is 6. The van der Waals surface area contributed by atoms with Gasteiger partial charge >= 0.3 is 7.69 Å². The highest BCUT2D eigenvalue weighted by atomic mass is 79.9. The molecule has 6 rings (SSSR count). The molecule has 0 aromatic carbocycles. The first-order valence-corrected chi connectivity index (χ1v) is 15.8. The summed E-state index contributed by atoms with van der Waals surface area (Å²) in [5.74, 6) is 2.36. The summed E-state index contributed by atoms with van der Waals surface area (Å²) < 4.78 is 16.1. The van der Waals surface area contributed by atoms with Crippen LogP contribution in [-0.2, 0) is 9.47 Å². The SMILES string of the molecule is Nc1ncc(-c2ccncc2Cl)c(NC2CCOCC2)n1.Nc1ncc(Br)c(NC2CCOCC2)n1.O[B]Oc1ccncc1Cl. The van der Waals surface area contributed by atoms with E-state index in [1.165, 1.54) is 12.4 Å². The average molecular weight is 735 g/mol. The van der Waals surface area contributed by atoms with Crippen LogP contribution in [0, 0.1) is 0 Å². The summed E-state index contributed by atoms with van der Waals surface area (Å²) in [6.07, 6.45) is 13.5. The Bertz CT molecular complexity index is 1540. The van der Waals surface area contributed by atoms with Crippen LogP contribution in [0.3, 0.4) is 0 Å². The minimum atomic E-state index is 0.235. The van der Waals surface area contributed by atoms with E-state index in [0.717, 1.165) is 73.5 Å². The first kappa shape index (κ1) is 35.3. The summed E-state index contributed by atoms with van der Waals surface area (Å²) in [6.45, 7) is 3.11. The van der Waals surface area contributed by atoms with E-state index in [1.54, 1.807) is 30.9 Å². The Morgan fingerprint density at radius 1 is 0.783 bits per heavy atom. The molecule has 243 valence electrons. The van der Waals surface area contributed by atoms with Crippen LogP contribution in [0.2, 0.25) is 10.0 Å². The molecule has 2 fully saturated rings. The van der Waals surface area contributed by atoms with E-state index in [-0.39, 0.29) is 11.9 Å². The highest BCUT2D eigenvalue weighted by molar-refractivity contribution is 9.10. The van der Waals surface area contributed by atoms with Crippen LogP contribution in [-0.4, -0.2) is 81.1 Å². The fraction of sp³-hybridized carbons (Fsp3) is 0.357. The van der Waals surface area contributed by atoms with Crippen LogP contribution >= 0.6 is 39.1 Å². The van der Waals surface area contributed by atoms with E-state index in [2.05, 4.69) is 61.1 Å². The Labute approximate surface area is 285 Å². The Balaban J connectivity index is 0.000000168. The van der Waals surface area contributed by atoms with Crippen molar-refractivity contribution in [1.29, 1.82) is 0 Å². The Kier molecular flexibility index (Phi) is 14.3. The summed E-state index contributed by atoms with van der Waals surface area (Å²) in [6, 6.07) is 4.11. The summed E-state index contributed by atoms with van der Waals surface area (Å²) >= 11 is 15.2. The van der Waals surface area contributed by atoms with Crippen molar-refractivity contribution in [2.75, 3.05) is 48.5 Å². The first-order chi connectivity index (χ1) is 22.3. The molecule has 0 unspecified atom stereocenters. The van der Waals surface area contributed by atoms with Gasteiger partial charge in [-0.15, -0.1) is 0 Å². The van der Waals surface area contributed by atoms with Gasteiger partial charge in [0.1, 0.15) is 17.4 Å². The number of nitrogens with one attached hydrogen (secondary N) is 2. The van der Waals surface area contributed by atoms with Crippen molar-refractivity contribution in [2.45, 2.75) is 37.8 Å². The number of ether oxygens (including phenoxy) is 2. The van der Waals surface area contributed by atoms with Gasteiger partial charge < -0.3 is 41.3 Å². The number of hydrogen-bond acceptors (Lipinski definition) is 14. The number of anilines is 4. The second-order valence-corrected chi connectivity index (χ2v) is 11.5. The van der Waals surface area contributed by atoms with Gasteiger partial charge in [0.2, 0.25) is 11.9 Å². The molecule has 18 heteroatoms. The van der Waals surface area contributed by atoms with E-state index in [0.29, 0.717) is 41.4 Å². The molecule has 0 bridgehead atoms. The molecule has 2 aliphatic heterocycles. The number of aromatic nitrogens is 6. The van der Waals surface area contributed by atoms with Crippen molar-refractivity contribution < 1.29 is 19.2 Å². The van der Waals surface area contributed by atoms with Crippen LogP contribution < -0.4 is 26.8 Å². The van der Waals surface area contributed by atoms with Crippen LogP contribution in [0.4, 0.5) is 23.5 Å². The molecule has 0 aliphatic carbocycles. The van der Waals surface area contributed by atoms with Gasteiger partial charge in [0, 0.05) is 86.8 Å². The molecule has 2 saturated heterocycles. The fourth-order valence-corrected chi connectivity index (χ4v) is 5.05. The largest absolute Gasteiger partial charge is 0.569 e. The number of halogens is 3. The Morgan fingerprint density at radius 3 is 1.91 bits per heavy atom. The lowest BCUT2D eigenvalue weighted by molar-refractivity contribution is 0.0902. The predicted octanol–water partition coefficient (Wildman–Crippen LogP) is 4.42. The highest BCUT2D eigenvalue weighted by Gasteiger charge is 2.18. The quantitative estimate of drug-likeness (QED) is 0.167. The monoisotopic (exact) mass is 733 g/mol. The fourth-order valence-electron chi connectivity index (χ4n) is 4.36. The molecule has 7 N–H and O–H groups in total. The Morgan fingerprint density at radius 2 is 1.33 bits per heavy atom. The predicted molar refractivity (Wildman–Crippen MR) is 182 cm³/mol. The maximum Gasteiger partial charge on any atom is 0.569 e. The summed E-state index contributed by atoms with van der Waals surface area (Å²) in [5, 5.41) is 15.9. The molecule has 6 heterocycles. The van der Waals surface area contributed by atoms with Crippen molar-refractivity contribution >= 4 is 70.3 Å². The van der Waals surface area contributed by atoms with Gasteiger partial charge in [0.15, 0.2) is 0 Å². The molecule has 0 amide bonds. The van der Waals surface area contributed by atoms with E-state index in [9.17, 15) is 0 Å². The second kappa shape index (κ2) is 18.6. The number of rotatable bonds is 7. The zero-order valence-corrected chi connectivity index (χ0v) is 27.7. The zero-order valence-electron chi connectivity index (χ0n) is 24.7. The zero-order chi connectivity index (χ0) is 32.7. The second-order valence-electron chi connectivity index (χ2n) is 9.86. The molecule has 4 aromatic rings. The lowest BCUT2D eigenvalue weighted by Gasteiger charge is -2.24. The Hall–Kier alpha value is -3.54. The molecular weight excluding hydrogens is 702 g/mol. The molecule has 1 radical (unpaired) electrons. The molecule has 2 aliphatic rings. The third-order valence-electron chi connectivity index (χ3n) is 6.67. The molecule has 0 spiro atoms. The van der Waals surface area contributed by atoms with Crippen molar-refractivity contribution in [1.82, 2.24) is 29.9 Å². The summed E-state index contributed by atoms with van der Waals surface area (Å²) in [4.78, 5) is 24.1. The molecule has 0 atom stereocenters. The topological polar surface area (TPSA) is 201 Å². The maximum atomic E-state index is 8.22. The smallest absolute Gasteiger partial charge is 0.536 e. The molecule has 0 saturated carbocycles. The standard InChI is InChI=1S/C14H16ClN5O.C9H13BrN4O.C5H4BClNO2/c15-12-8-17-4-1-10(12)11-7-18-14(16)20-13(11)19-9-2-5-21-6-3-9;10-7-5-12-9(11)14-8(7)13-6-1-3-15-4-2-6;7-4-3-8-2-1-5(4)10-6-9/h1,4,7-9H,2-3,5-6H2,(H3,16,18,19,20);5-6H,1-4H2,(H3,11,12,13,14);1-3,9H.